The Labute approximate surface area is 183 Å². The van der Waals surface area contributed by atoms with Gasteiger partial charge < -0.3 is 5.32 Å². The lowest BCUT2D eigenvalue weighted by atomic mass is 10.0. The number of nitrogens with one attached hydrogen (secondary N) is 1. The molecule has 0 bridgehead atoms. The van der Waals surface area contributed by atoms with E-state index in [2.05, 4.69) is 24.4 Å². The smallest absolute Gasteiger partial charge is 0.243 e. The number of sulfonamides is 1. The van der Waals surface area contributed by atoms with Crippen molar-refractivity contribution in [1.29, 1.82) is 0 Å². The summed E-state index contributed by atoms with van der Waals surface area (Å²) in [7, 11) is -3.55. The Kier molecular flexibility index (Phi) is 7.52. The number of rotatable bonds is 7. The van der Waals surface area contributed by atoms with Crippen molar-refractivity contribution in [1.82, 2.24) is 14.5 Å². The Morgan fingerprint density at radius 2 is 1.60 bits per heavy atom. The highest BCUT2D eigenvalue weighted by Gasteiger charge is 2.31. The zero-order valence-corrected chi connectivity index (χ0v) is 18.9. The molecule has 8 heteroatoms. The van der Waals surface area contributed by atoms with Gasteiger partial charge in [0.1, 0.15) is 0 Å². The van der Waals surface area contributed by atoms with Crippen LogP contribution in [-0.4, -0.2) is 62.3 Å². The van der Waals surface area contributed by atoms with Crippen LogP contribution in [-0.2, 0) is 14.8 Å². The predicted molar refractivity (Wildman–Crippen MR) is 119 cm³/mol. The summed E-state index contributed by atoms with van der Waals surface area (Å²) < 4.78 is 27.1. The number of amides is 1. The fraction of sp³-hybridized carbons (Fsp3) is 0.409. The zero-order chi connectivity index (χ0) is 21.7. The molecule has 162 valence electrons. The van der Waals surface area contributed by atoms with Gasteiger partial charge in [0.25, 0.3) is 0 Å². The number of benzene rings is 2. The van der Waals surface area contributed by atoms with Crippen molar-refractivity contribution >= 4 is 27.5 Å². The van der Waals surface area contributed by atoms with Crippen LogP contribution in [0.5, 0.6) is 0 Å². The summed E-state index contributed by atoms with van der Waals surface area (Å²) in [4.78, 5) is 14.9. The number of nitrogens with zero attached hydrogens (tertiary/aromatic N) is 2. The molecular formula is C22H28ClN3O3S. The van der Waals surface area contributed by atoms with Gasteiger partial charge in [-0.3, -0.25) is 9.69 Å². The van der Waals surface area contributed by atoms with Gasteiger partial charge in [-0.1, -0.05) is 48.9 Å². The second-order valence-electron chi connectivity index (χ2n) is 7.63. The minimum atomic E-state index is -3.55. The molecule has 1 N–H and O–H groups in total. The molecule has 30 heavy (non-hydrogen) atoms. The second-order valence-corrected chi connectivity index (χ2v) is 10.0. The summed E-state index contributed by atoms with van der Waals surface area (Å²) in [6.07, 6.45) is 0. The Morgan fingerprint density at radius 3 is 2.20 bits per heavy atom. The van der Waals surface area contributed by atoms with Crippen molar-refractivity contribution in [3.63, 3.8) is 0 Å². The first kappa shape index (κ1) is 22.7. The third-order valence-electron chi connectivity index (χ3n) is 5.60. The monoisotopic (exact) mass is 449 g/mol. The molecule has 0 radical (unpaired) electrons. The van der Waals surface area contributed by atoms with E-state index < -0.39 is 10.0 Å². The van der Waals surface area contributed by atoms with Crippen molar-refractivity contribution in [2.45, 2.75) is 30.7 Å². The van der Waals surface area contributed by atoms with Crippen LogP contribution in [0.2, 0.25) is 5.02 Å². The maximum absolute atomic E-state index is 12.8. The lowest BCUT2D eigenvalue weighted by molar-refractivity contribution is -0.126. The lowest BCUT2D eigenvalue weighted by Gasteiger charge is -2.36. The first-order valence-corrected chi connectivity index (χ1v) is 11.9. The van der Waals surface area contributed by atoms with E-state index in [9.17, 15) is 13.2 Å². The fourth-order valence-corrected chi connectivity index (χ4v) is 5.10. The Balaban J connectivity index is 1.51. The minimum Gasteiger partial charge on any atom is -0.354 e. The van der Waals surface area contributed by atoms with E-state index >= 15 is 0 Å². The summed E-state index contributed by atoms with van der Waals surface area (Å²) in [5.41, 5.74) is 1.19. The molecular weight excluding hydrogens is 422 g/mol. The first-order valence-electron chi connectivity index (χ1n) is 10.1. The molecule has 1 heterocycles. The van der Waals surface area contributed by atoms with Gasteiger partial charge >= 0.3 is 0 Å². The van der Waals surface area contributed by atoms with Crippen molar-refractivity contribution in [3.8, 4) is 0 Å². The van der Waals surface area contributed by atoms with E-state index in [-0.39, 0.29) is 22.8 Å². The van der Waals surface area contributed by atoms with Crippen LogP contribution in [0.15, 0.2) is 59.5 Å². The number of halogens is 1. The third kappa shape index (κ3) is 5.40. The molecule has 3 rings (SSSR count). The number of hydrogen-bond acceptors (Lipinski definition) is 4. The first-order chi connectivity index (χ1) is 14.3. The third-order valence-corrected chi connectivity index (χ3v) is 7.77. The summed E-state index contributed by atoms with van der Waals surface area (Å²) >= 11 is 5.86. The highest BCUT2D eigenvalue weighted by molar-refractivity contribution is 7.89. The molecule has 1 aliphatic heterocycles. The summed E-state index contributed by atoms with van der Waals surface area (Å²) in [5.74, 6) is 0.190. The van der Waals surface area contributed by atoms with Crippen molar-refractivity contribution in [2.24, 2.45) is 0 Å². The Morgan fingerprint density at radius 1 is 1.00 bits per heavy atom. The predicted octanol–water partition coefficient (Wildman–Crippen LogP) is 2.95. The highest BCUT2D eigenvalue weighted by Crippen LogP contribution is 2.20. The molecule has 2 atom stereocenters. The molecule has 6 nitrogen and oxygen atoms in total. The average molecular weight is 450 g/mol. The van der Waals surface area contributed by atoms with Crippen LogP contribution in [0.3, 0.4) is 0 Å². The lowest BCUT2D eigenvalue weighted by Crippen LogP contribution is -2.55. The number of carbonyl (C=O) groups excluding carboxylic acids is 1. The van der Waals surface area contributed by atoms with Crippen molar-refractivity contribution in [3.05, 3.63) is 65.2 Å². The van der Waals surface area contributed by atoms with Gasteiger partial charge in [-0.2, -0.15) is 4.31 Å². The topological polar surface area (TPSA) is 69.7 Å². The standard InChI is InChI=1S/C22H28ClN3O3S/c1-17(19-6-4-3-5-7-19)16-24-22(27)18(2)25-12-14-26(15-13-25)30(28,29)21-10-8-20(23)9-11-21/h3-11,17-18H,12-16H2,1-2H3,(H,24,27)/t17-,18+/m0/s1. The van der Waals surface area contributed by atoms with Gasteiger partial charge in [-0.25, -0.2) is 8.42 Å². The van der Waals surface area contributed by atoms with Gasteiger partial charge in [0.2, 0.25) is 15.9 Å². The van der Waals surface area contributed by atoms with Gasteiger partial charge in [-0.05, 0) is 42.7 Å². The van der Waals surface area contributed by atoms with Gasteiger partial charge in [0.15, 0.2) is 0 Å². The quantitative estimate of drug-likeness (QED) is 0.705. The van der Waals surface area contributed by atoms with E-state index in [1.165, 1.54) is 22.0 Å². The molecule has 0 aliphatic carbocycles. The van der Waals surface area contributed by atoms with Gasteiger partial charge in [0, 0.05) is 37.7 Å². The molecule has 0 spiro atoms. The minimum absolute atomic E-state index is 0.0354. The maximum atomic E-state index is 12.8. The maximum Gasteiger partial charge on any atom is 0.243 e. The zero-order valence-electron chi connectivity index (χ0n) is 17.3. The molecule has 1 saturated heterocycles. The summed E-state index contributed by atoms with van der Waals surface area (Å²) in [6, 6.07) is 16.0. The molecule has 0 aromatic heterocycles. The second kappa shape index (κ2) is 9.92. The molecule has 1 fully saturated rings. The number of piperazine rings is 1. The normalized spacial score (nSPS) is 18.0. The molecule has 1 aliphatic rings. The Hall–Kier alpha value is -1.93. The van der Waals surface area contributed by atoms with Crippen LogP contribution in [0.1, 0.15) is 25.3 Å². The SMILES string of the molecule is C[C@H](C(=O)NC[C@H](C)c1ccccc1)N1CCN(S(=O)(=O)c2ccc(Cl)cc2)CC1. The molecule has 1 amide bonds. The van der Waals surface area contributed by atoms with Crippen LogP contribution >= 0.6 is 11.6 Å². The largest absolute Gasteiger partial charge is 0.354 e. The number of carbonyl (C=O) groups is 1. The van der Waals surface area contributed by atoms with E-state index in [1.807, 2.05) is 30.0 Å². The van der Waals surface area contributed by atoms with E-state index in [4.69, 9.17) is 11.6 Å². The van der Waals surface area contributed by atoms with E-state index in [1.54, 1.807) is 12.1 Å². The summed E-state index contributed by atoms with van der Waals surface area (Å²) in [6.45, 7) is 6.24. The Bertz CT molecular complexity index is 943. The van der Waals surface area contributed by atoms with Crippen LogP contribution in [0, 0.1) is 0 Å². The van der Waals surface area contributed by atoms with E-state index in [0.717, 1.165) is 0 Å². The highest BCUT2D eigenvalue weighted by atomic mass is 35.5. The molecule has 2 aromatic rings. The average Bonchev–Trinajstić information content (AvgIpc) is 2.77. The molecule has 0 unspecified atom stereocenters. The molecule has 2 aromatic carbocycles. The van der Waals surface area contributed by atoms with Crippen LogP contribution in [0.4, 0.5) is 0 Å². The fourth-order valence-electron chi connectivity index (χ4n) is 3.55. The van der Waals surface area contributed by atoms with Crippen molar-refractivity contribution < 1.29 is 13.2 Å². The van der Waals surface area contributed by atoms with Gasteiger partial charge in [-0.15, -0.1) is 0 Å². The van der Waals surface area contributed by atoms with E-state index in [0.29, 0.717) is 37.7 Å². The molecule has 0 saturated carbocycles. The summed E-state index contributed by atoms with van der Waals surface area (Å²) in [5, 5.41) is 3.53. The van der Waals surface area contributed by atoms with Crippen LogP contribution < -0.4 is 5.32 Å². The number of hydrogen-bond donors (Lipinski definition) is 1. The van der Waals surface area contributed by atoms with Gasteiger partial charge in [0.05, 0.1) is 10.9 Å². The van der Waals surface area contributed by atoms with Crippen molar-refractivity contribution in [2.75, 3.05) is 32.7 Å². The van der Waals surface area contributed by atoms with Crippen LogP contribution in [0.25, 0.3) is 0 Å².